The van der Waals surface area contributed by atoms with Gasteiger partial charge in [0.1, 0.15) is 0 Å². The minimum atomic E-state index is -0.256. The van der Waals surface area contributed by atoms with Crippen molar-refractivity contribution in [1.29, 1.82) is 0 Å². The maximum Gasteiger partial charge on any atom is 0.323 e. The lowest BCUT2D eigenvalue weighted by molar-refractivity contribution is -0.117. The number of hydrogen-bond donors (Lipinski definition) is 3. The molecule has 1 aromatic carbocycles. The van der Waals surface area contributed by atoms with Crippen LogP contribution in [-0.2, 0) is 4.79 Å². The van der Waals surface area contributed by atoms with Crippen LogP contribution in [0.25, 0.3) is 11.0 Å². The summed E-state index contributed by atoms with van der Waals surface area (Å²) >= 11 is 1.68. The number of imidazole rings is 1. The molecule has 7 heteroatoms. The maximum atomic E-state index is 12.2. The van der Waals surface area contributed by atoms with Gasteiger partial charge in [0, 0.05) is 16.6 Å². The average molecular weight is 330 g/mol. The number of nitrogens with zero attached hydrogens (tertiary/aromatic N) is 1. The largest absolute Gasteiger partial charge is 0.325 e. The number of rotatable bonds is 5. The number of aromatic amines is 2. The molecule has 23 heavy (non-hydrogen) atoms. The molecule has 0 aliphatic rings. The maximum absolute atomic E-state index is 12.2. The zero-order valence-corrected chi connectivity index (χ0v) is 13.7. The number of anilines is 1. The SMILES string of the molecule is CC(c1cccs1)N(C)CC(=O)Nc1ccc2[nH]c(=O)[nH]c2c1. The second kappa shape index (κ2) is 6.39. The molecule has 2 aromatic heterocycles. The summed E-state index contributed by atoms with van der Waals surface area (Å²) in [4.78, 5) is 32.0. The van der Waals surface area contributed by atoms with Gasteiger partial charge in [-0.1, -0.05) is 6.07 Å². The van der Waals surface area contributed by atoms with E-state index >= 15 is 0 Å². The third-order valence-corrected chi connectivity index (χ3v) is 4.85. The van der Waals surface area contributed by atoms with Gasteiger partial charge in [0.2, 0.25) is 5.91 Å². The first-order valence-corrected chi connectivity index (χ1v) is 8.16. The summed E-state index contributed by atoms with van der Waals surface area (Å²) in [5.74, 6) is -0.0897. The molecule has 0 spiro atoms. The van der Waals surface area contributed by atoms with Gasteiger partial charge in [-0.05, 0) is 43.6 Å². The Hall–Kier alpha value is -2.38. The molecule has 0 aliphatic carbocycles. The molecule has 3 aromatic rings. The Kier molecular flexibility index (Phi) is 4.31. The van der Waals surface area contributed by atoms with Crippen molar-refractivity contribution in [3.8, 4) is 0 Å². The van der Waals surface area contributed by atoms with Crippen LogP contribution >= 0.6 is 11.3 Å². The predicted octanol–water partition coefficient (Wildman–Crippen LogP) is 2.55. The summed E-state index contributed by atoms with van der Waals surface area (Å²) in [6.45, 7) is 2.37. The molecule has 2 heterocycles. The summed E-state index contributed by atoms with van der Waals surface area (Å²) in [5.41, 5.74) is 1.80. The Balaban J connectivity index is 1.64. The molecule has 0 bridgehead atoms. The number of benzene rings is 1. The summed E-state index contributed by atoms with van der Waals surface area (Å²) in [5, 5.41) is 4.90. The van der Waals surface area contributed by atoms with Gasteiger partial charge in [-0.3, -0.25) is 9.69 Å². The van der Waals surface area contributed by atoms with Gasteiger partial charge in [-0.25, -0.2) is 4.79 Å². The Morgan fingerprint density at radius 3 is 2.83 bits per heavy atom. The Morgan fingerprint density at radius 2 is 2.09 bits per heavy atom. The monoisotopic (exact) mass is 330 g/mol. The predicted molar refractivity (Wildman–Crippen MR) is 92.9 cm³/mol. The highest BCUT2D eigenvalue weighted by Crippen LogP contribution is 2.23. The lowest BCUT2D eigenvalue weighted by Crippen LogP contribution is -2.31. The van der Waals surface area contributed by atoms with Crippen LogP contribution in [-0.4, -0.2) is 34.4 Å². The first kappa shape index (κ1) is 15.5. The van der Waals surface area contributed by atoms with Crippen molar-refractivity contribution < 1.29 is 4.79 Å². The van der Waals surface area contributed by atoms with Crippen molar-refractivity contribution in [2.75, 3.05) is 18.9 Å². The highest BCUT2D eigenvalue weighted by Gasteiger charge is 2.15. The van der Waals surface area contributed by atoms with Crippen LogP contribution in [0.1, 0.15) is 17.8 Å². The zero-order chi connectivity index (χ0) is 16.4. The molecule has 0 radical (unpaired) electrons. The molecule has 1 amide bonds. The van der Waals surface area contributed by atoms with Crippen LogP contribution in [0.15, 0.2) is 40.5 Å². The standard InChI is InChI=1S/C16H18N4O2S/c1-10(14-4-3-7-23-14)20(2)9-15(21)17-11-5-6-12-13(8-11)19-16(22)18-12/h3-8,10H,9H2,1-2H3,(H,17,21)(H2,18,19,22). The second-order valence-corrected chi connectivity index (χ2v) is 6.47. The summed E-state index contributed by atoms with van der Waals surface area (Å²) in [6.07, 6.45) is 0. The second-order valence-electron chi connectivity index (χ2n) is 5.49. The van der Waals surface area contributed by atoms with E-state index in [1.165, 1.54) is 4.88 Å². The van der Waals surface area contributed by atoms with Crippen LogP contribution in [0, 0.1) is 0 Å². The van der Waals surface area contributed by atoms with E-state index in [-0.39, 0.29) is 17.6 Å². The van der Waals surface area contributed by atoms with Crippen LogP contribution in [0.2, 0.25) is 0 Å². The van der Waals surface area contributed by atoms with Crippen LogP contribution in [0.5, 0.6) is 0 Å². The van der Waals surface area contributed by atoms with E-state index in [9.17, 15) is 9.59 Å². The Labute approximate surface area is 137 Å². The van der Waals surface area contributed by atoms with E-state index < -0.39 is 0 Å². The third kappa shape index (κ3) is 3.52. The van der Waals surface area contributed by atoms with E-state index in [0.717, 1.165) is 5.52 Å². The molecular formula is C16H18N4O2S. The number of fused-ring (bicyclic) bond motifs is 1. The molecule has 1 atom stereocenters. The van der Waals surface area contributed by atoms with Crippen molar-refractivity contribution in [3.05, 3.63) is 51.1 Å². The fourth-order valence-corrected chi connectivity index (χ4v) is 3.27. The van der Waals surface area contributed by atoms with Gasteiger partial charge in [0.15, 0.2) is 0 Å². The van der Waals surface area contributed by atoms with Crippen molar-refractivity contribution >= 4 is 34.0 Å². The molecule has 0 aliphatic heterocycles. The number of aromatic nitrogens is 2. The van der Waals surface area contributed by atoms with E-state index in [4.69, 9.17) is 0 Å². The Bertz CT molecular complexity index is 866. The van der Waals surface area contributed by atoms with Crippen LogP contribution < -0.4 is 11.0 Å². The van der Waals surface area contributed by atoms with Gasteiger partial charge >= 0.3 is 5.69 Å². The van der Waals surface area contributed by atoms with Gasteiger partial charge in [-0.15, -0.1) is 11.3 Å². The van der Waals surface area contributed by atoms with Gasteiger partial charge in [0.25, 0.3) is 0 Å². The molecule has 0 saturated carbocycles. The molecule has 0 fully saturated rings. The molecule has 3 N–H and O–H groups in total. The van der Waals surface area contributed by atoms with E-state index in [2.05, 4.69) is 28.3 Å². The van der Waals surface area contributed by atoms with Crippen LogP contribution in [0.4, 0.5) is 5.69 Å². The summed E-state index contributed by atoms with van der Waals surface area (Å²) < 4.78 is 0. The zero-order valence-electron chi connectivity index (χ0n) is 12.9. The molecule has 0 saturated heterocycles. The number of nitrogens with one attached hydrogen (secondary N) is 3. The number of amides is 1. The normalized spacial score (nSPS) is 12.7. The molecule has 120 valence electrons. The number of thiophene rings is 1. The lowest BCUT2D eigenvalue weighted by atomic mass is 10.2. The Morgan fingerprint density at radius 1 is 1.30 bits per heavy atom. The average Bonchev–Trinajstić information content (AvgIpc) is 3.14. The van der Waals surface area contributed by atoms with Crippen molar-refractivity contribution in [2.45, 2.75) is 13.0 Å². The highest BCUT2D eigenvalue weighted by molar-refractivity contribution is 7.10. The highest BCUT2D eigenvalue weighted by atomic mass is 32.1. The molecule has 6 nitrogen and oxygen atoms in total. The number of carbonyl (C=O) groups is 1. The third-order valence-electron chi connectivity index (χ3n) is 3.81. The summed E-state index contributed by atoms with van der Waals surface area (Å²) in [6, 6.07) is 9.54. The number of likely N-dealkylation sites (N-methyl/N-ethyl adjacent to an activating group) is 1. The molecular weight excluding hydrogens is 312 g/mol. The topological polar surface area (TPSA) is 81.0 Å². The fraction of sp³-hybridized carbons (Fsp3) is 0.250. The minimum absolute atomic E-state index is 0.0897. The minimum Gasteiger partial charge on any atom is -0.325 e. The first-order chi connectivity index (χ1) is 11.0. The van der Waals surface area contributed by atoms with E-state index in [1.807, 2.05) is 23.4 Å². The smallest absolute Gasteiger partial charge is 0.323 e. The van der Waals surface area contributed by atoms with E-state index in [1.54, 1.807) is 29.5 Å². The van der Waals surface area contributed by atoms with Crippen molar-refractivity contribution in [2.24, 2.45) is 0 Å². The molecule has 3 rings (SSSR count). The lowest BCUT2D eigenvalue weighted by Gasteiger charge is -2.23. The van der Waals surface area contributed by atoms with Gasteiger partial charge in [-0.2, -0.15) is 0 Å². The quantitative estimate of drug-likeness (QED) is 0.672. The van der Waals surface area contributed by atoms with Crippen molar-refractivity contribution in [1.82, 2.24) is 14.9 Å². The number of hydrogen-bond acceptors (Lipinski definition) is 4. The van der Waals surface area contributed by atoms with Gasteiger partial charge < -0.3 is 15.3 Å². The summed E-state index contributed by atoms with van der Waals surface area (Å²) in [7, 11) is 1.93. The van der Waals surface area contributed by atoms with Crippen LogP contribution in [0.3, 0.4) is 0 Å². The number of H-pyrrole nitrogens is 2. The first-order valence-electron chi connectivity index (χ1n) is 7.28. The van der Waals surface area contributed by atoms with Gasteiger partial charge in [0.05, 0.1) is 17.6 Å². The number of carbonyl (C=O) groups excluding carboxylic acids is 1. The fourth-order valence-electron chi connectivity index (χ4n) is 2.42. The van der Waals surface area contributed by atoms with Crippen molar-refractivity contribution in [3.63, 3.8) is 0 Å². The molecule has 1 unspecified atom stereocenters. The van der Waals surface area contributed by atoms with E-state index in [0.29, 0.717) is 17.7 Å².